The number of carbonyl (C=O) groups is 3. The number of carbonyl (C=O) groups excluding carboxylic acids is 3. The molecular weight excluding hydrogens is 332 g/mol. The van der Waals surface area contributed by atoms with E-state index in [9.17, 15) is 14.4 Å². The van der Waals surface area contributed by atoms with Crippen molar-refractivity contribution in [3.05, 3.63) is 24.2 Å². The summed E-state index contributed by atoms with van der Waals surface area (Å²) in [5.74, 6) is -0.194. The van der Waals surface area contributed by atoms with Crippen molar-refractivity contribution >= 4 is 29.5 Å². The minimum atomic E-state index is -0.915. The predicted molar refractivity (Wildman–Crippen MR) is 89.0 cm³/mol. The summed E-state index contributed by atoms with van der Waals surface area (Å²) in [7, 11) is 0. The van der Waals surface area contributed by atoms with Crippen LogP contribution in [-0.2, 0) is 19.1 Å². The molecule has 0 aromatic carbocycles. The maximum absolute atomic E-state index is 12.4. The number of hydrogen-bond donors (Lipinski definition) is 1. The molecule has 3 atom stereocenters. The van der Waals surface area contributed by atoms with E-state index >= 15 is 0 Å². The lowest BCUT2D eigenvalue weighted by Crippen LogP contribution is -2.46. The highest BCUT2D eigenvalue weighted by molar-refractivity contribution is 7.99. The van der Waals surface area contributed by atoms with E-state index in [2.05, 4.69) is 5.32 Å². The Hall–Kier alpha value is -1.96. The molecule has 7 nitrogen and oxygen atoms in total. The minimum absolute atomic E-state index is 0.0438. The first-order valence-electron chi connectivity index (χ1n) is 7.76. The van der Waals surface area contributed by atoms with Crippen molar-refractivity contribution in [1.29, 1.82) is 0 Å². The van der Waals surface area contributed by atoms with Gasteiger partial charge in [0, 0.05) is 18.7 Å². The third-order valence-electron chi connectivity index (χ3n) is 3.52. The van der Waals surface area contributed by atoms with Gasteiger partial charge < -0.3 is 19.4 Å². The number of ether oxygens (including phenoxy) is 1. The molecule has 24 heavy (non-hydrogen) atoms. The number of hydrogen-bond acceptors (Lipinski definition) is 6. The molecule has 1 N–H and O–H groups in total. The van der Waals surface area contributed by atoms with E-state index in [1.165, 1.54) is 36.8 Å². The van der Waals surface area contributed by atoms with Crippen LogP contribution >= 0.6 is 11.8 Å². The lowest BCUT2D eigenvalue weighted by molar-refractivity contribution is -0.161. The van der Waals surface area contributed by atoms with Crippen LogP contribution < -0.4 is 5.32 Å². The summed E-state index contributed by atoms with van der Waals surface area (Å²) in [4.78, 5) is 37.8. The van der Waals surface area contributed by atoms with Crippen LogP contribution in [0, 0.1) is 0 Å². The fourth-order valence-electron chi connectivity index (χ4n) is 2.43. The van der Waals surface area contributed by atoms with Gasteiger partial charge >= 0.3 is 5.97 Å². The van der Waals surface area contributed by atoms with Crippen LogP contribution in [0.3, 0.4) is 0 Å². The Balaban J connectivity index is 2.06. The lowest BCUT2D eigenvalue weighted by Gasteiger charge is -2.26. The van der Waals surface area contributed by atoms with Crippen LogP contribution in [0.25, 0.3) is 0 Å². The van der Waals surface area contributed by atoms with E-state index in [0.29, 0.717) is 11.5 Å². The van der Waals surface area contributed by atoms with Gasteiger partial charge in [0.2, 0.25) is 5.91 Å². The molecule has 0 unspecified atom stereocenters. The molecule has 0 spiro atoms. The molecule has 2 amide bonds. The second-order valence-electron chi connectivity index (χ2n) is 5.89. The zero-order valence-electron chi connectivity index (χ0n) is 14.1. The highest BCUT2D eigenvalue weighted by Crippen LogP contribution is 2.41. The van der Waals surface area contributed by atoms with Gasteiger partial charge in [0.25, 0.3) is 5.91 Å². The third-order valence-corrected chi connectivity index (χ3v) is 4.80. The van der Waals surface area contributed by atoms with Gasteiger partial charge in [0.1, 0.15) is 17.2 Å². The molecule has 0 saturated carbocycles. The second kappa shape index (κ2) is 7.74. The molecular formula is C16H22N2O5S. The van der Waals surface area contributed by atoms with E-state index in [4.69, 9.17) is 9.15 Å². The molecule has 2 rings (SSSR count). The smallest absolute Gasteiger partial charge is 0.330 e. The summed E-state index contributed by atoms with van der Waals surface area (Å²) in [6, 6.07) is 2.72. The summed E-state index contributed by atoms with van der Waals surface area (Å²) in [6.45, 7) is 6.56. The van der Waals surface area contributed by atoms with Crippen LogP contribution in [-0.4, -0.2) is 46.6 Å². The lowest BCUT2D eigenvalue weighted by atomic mass is 10.2. The molecule has 0 bridgehead atoms. The first-order chi connectivity index (χ1) is 11.3. The first-order valence-corrected chi connectivity index (χ1v) is 8.81. The molecule has 132 valence electrons. The largest absolute Gasteiger partial charge is 0.466 e. The maximum atomic E-state index is 12.4. The number of amides is 2. The number of esters is 1. The van der Waals surface area contributed by atoms with Crippen LogP contribution in [0.4, 0.5) is 0 Å². The van der Waals surface area contributed by atoms with Gasteiger partial charge in [-0.05, 0) is 32.9 Å². The van der Waals surface area contributed by atoms with Gasteiger partial charge in [-0.25, -0.2) is 4.79 Å². The summed E-state index contributed by atoms with van der Waals surface area (Å²) >= 11 is 1.43. The Labute approximate surface area is 145 Å². The SMILES string of the molecule is CC(=O)N1[C@@H](c2ccco2)SC[C@H]1C(=O)O[C@H](C)C(=O)NC(C)C. The molecule has 1 saturated heterocycles. The predicted octanol–water partition coefficient (Wildman–Crippen LogP) is 1.70. The summed E-state index contributed by atoms with van der Waals surface area (Å²) in [5.41, 5.74) is 0. The average molecular weight is 354 g/mol. The van der Waals surface area contributed by atoms with Gasteiger partial charge in [0.15, 0.2) is 6.10 Å². The fraction of sp³-hybridized carbons (Fsp3) is 0.562. The van der Waals surface area contributed by atoms with E-state index in [0.717, 1.165) is 0 Å². The highest BCUT2D eigenvalue weighted by atomic mass is 32.2. The number of thioether (sulfide) groups is 1. The van der Waals surface area contributed by atoms with Crippen molar-refractivity contribution in [1.82, 2.24) is 10.2 Å². The van der Waals surface area contributed by atoms with Crippen LogP contribution in [0.2, 0.25) is 0 Å². The van der Waals surface area contributed by atoms with E-state index in [1.54, 1.807) is 12.1 Å². The van der Waals surface area contributed by atoms with Crippen molar-refractivity contribution in [2.75, 3.05) is 5.75 Å². The zero-order chi connectivity index (χ0) is 17.9. The summed E-state index contributed by atoms with van der Waals surface area (Å²) in [5, 5.41) is 2.32. The fourth-order valence-corrected chi connectivity index (χ4v) is 3.85. The van der Waals surface area contributed by atoms with E-state index < -0.39 is 18.1 Å². The average Bonchev–Trinajstić information content (AvgIpc) is 3.15. The number of nitrogens with zero attached hydrogens (tertiary/aromatic N) is 1. The Morgan fingerprint density at radius 2 is 2.08 bits per heavy atom. The monoisotopic (exact) mass is 354 g/mol. The van der Waals surface area contributed by atoms with Gasteiger partial charge in [-0.2, -0.15) is 0 Å². The first kappa shape index (κ1) is 18.4. The molecule has 8 heteroatoms. The van der Waals surface area contributed by atoms with Gasteiger partial charge in [-0.3, -0.25) is 9.59 Å². The minimum Gasteiger partial charge on any atom is -0.466 e. The highest BCUT2D eigenvalue weighted by Gasteiger charge is 2.43. The van der Waals surface area contributed by atoms with Crippen LogP contribution in [0.1, 0.15) is 38.8 Å². The molecule has 1 aromatic heterocycles. The number of furan rings is 1. The number of nitrogens with one attached hydrogen (secondary N) is 1. The van der Waals surface area contributed by atoms with Crippen molar-refractivity contribution < 1.29 is 23.5 Å². The van der Waals surface area contributed by atoms with Crippen molar-refractivity contribution in [2.24, 2.45) is 0 Å². The van der Waals surface area contributed by atoms with Gasteiger partial charge in [0.05, 0.1) is 6.26 Å². The Kier molecular flexibility index (Phi) is 5.93. The van der Waals surface area contributed by atoms with Crippen LogP contribution in [0.15, 0.2) is 22.8 Å². The normalized spacial score (nSPS) is 21.6. The number of rotatable bonds is 5. The Morgan fingerprint density at radius 3 is 2.62 bits per heavy atom. The summed E-state index contributed by atoms with van der Waals surface area (Å²) in [6.07, 6.45) is 0.611. The second-order valence-corrected chi connectivity index (χ2v) is 7.00. The molecule has 1 aliphatic rings. The zero-order valence-corrected chi connectivity index (χ0v) is 15.0. The molecule has 1 fully saturated rings. The standard InChI is InChI=1S/C16H22N2O5S/c1-9(2)17-14(20)10(3)23-16(21)12-8-24-15(18(12)11(4)19)13-6-5-7-22-13/h5-7,9-10,12,15H,8H2,1-4H3,(H,17,20)/t10-,12+,15-/m1/s1. The van der Waals surface area contributed by atoms with E-state index in [1.807, 2.05) is 13.8 Å². The molecule has 1 aliphatic heterocycles. The molecule has 1 aromatic rings. The Bertz CT molecular complexity index is 602. The quantitative estimate of drug-likeness (QED) is 0.810. The van der Waals surface area contributed by atoms with E-state index in [-0.39, 0.29) is 23.2 Å². The maximum Gasteiger partial charge on any atom is 0.330 e. The molecule has 2 heterocycles. The van der Waals surface area contributed by atoms with Crippen molar-refractivity contribution in [3.63, 3.8) is 0 Å². The summed E-state index contributed by atoms with van der Waals surface area (Å²) < 4.78 is 10.6. The van der Waals surface area contributed by atoms with Crippen LogP contribution in [0.5, 0.6) is 0 Å². The Morgan fingerprint density at radius 1 is 1.38 bits per heavy atom. The third kappa shape index (κ3) is 4.11. The van der Waals surface area contributed by atoms with Gasteiger partial charge in [-0.15, -0.1) is 11.8 Å². The van der Waals surface area contributed by atoms with Crippen molar-refractivity contribution in [3.8, 4) is 0 Å². The molecule has 0 aliphatic carbocycles. The van der Waals surface area contributed by atoms with Gasteiger partial charge in [-0.1, -0.05) is 0 Å². The molecule has 0 radical (unpaired) electrons. The van der Waals surface area contributed by atoms with Crippen molar-refractivity contribution in [2.45, 2.75) is 51.3 Å². The topological polar surface area (TPSA) is 88.8 Å².